The lowest BCUT2D eigenvalue weighted by Crippen LogP contribution is -2.38. The predicted molar refractivity (Wildman–Crippen MR) is 105 cm³/mol. The molecule has 0 spiro atoms. The summed E-state index contributed by atoms with van der Waals surface area (Å²) in [4.78, 5) is 4.08. The zero-order valence-electron chi connectivity index (χ0n) is 13.8. The molecule has 0 atom stereocenters. The average Bonchev–Trinajstić information content (AvgIpc) is 2.53. The molecule has 0 radical (unpaired) electrons. The molecule has 2 rings (SSSR count). The Kier molecular flexibility index (Phi) is 8.67. The van der Waals surface area contributed by atoms with Crippen LogP contribution in [0.3, 0.4) is 0 Å². The highest BCUT2D eigenvalue weighted by molar-refractivity contribution is 14.0. The molecular weight excluding hydrogens is 423 g/mol. The van der Waals surface area contributed by atoms with E-state index in [9.17, 15) is 8.78 Å². The van der Waals surface area contributed by atoms with E-state index in [1.165, 1.54) is 17.2 Å². The number of halogens is 3. The summed E-state index contributed by atoms with van der Waals surface area (Å²) in [7, 11) is 1.64. The number of aryl methyl sites for hydroxylation is 1. The summed E-state index contributed by atoms with van der Waals surface area (Å²) in [5.74, 6) is -0.332. The zero-order valence-corrected chi connectivity index (χ0v) is 16.1. The Morgan fingerprint density at radius 1 is 1.08 bits per heavy atom. The minimum atomic E-state index is -0.453. The van der Waals surface area contributed by atoms with Crippen LogP contribution in [0.4, 0.5) is 8.78 Å². The van der Waals surface area contributed by atoms with Gasteiger partial charge in [-0.05, 0) is 37.1 Å². The molecule has 24 heavy (non-hydrogen) atoms. The first-order valence-electron chi connectivity index (χ1n) is 7.52. The molecule has 0 saturated carbocycles. The number of aliphatic imine (C=N–C) groups is 1. The van der Waals surface area contributed by atoms with E-state index in [0.717, 1.165) is 18.6 Å². The van der Waals surface area contributed by atoms with E-state index in [4.69, 9.17) is 0 Å². The fraction of sp³-hybridized carbons (Fsp3) is 0.278. The van der Waals surface area contributed by atoms with Crippen molar-refractivity contribution < 1.29 is 8.78 Å². The van der Waals surface area contributed by atoms with Gasteiger partial charge in [-0.1, -0.05) is 29.8 Å². The molecule has 0 heterocycles. The van der Waals surface area contributed by atoms with E-state index in [1.54, 1.807) is 7.05 Å². The second kappa shape index (κ2) is 10.2. The fourth-order valence-electron chi connectivity index (χ4n) is 2.27. The minimum absolute atomic E-state index is 0. The van der Waals surface area contributed by atoms with Crippen LogP contribution in [-0.4, -0.2) is 19.6 Å². The Labute approximate surface area is 158 Å². The van der Waals surface area contributed by atoms with E-state index in [0.29, 0.717) is 12.5 Å². The molecule has 0 unspecified atom stereocenters. The van der Waals surface area contributed by atoms with E-state index in [-0.39, 0.29) is 36.1 Å². The van der Waals surface area contributed by atoms with Crippen molar-refractivity contribution in [3.8, 4) is 0 Å². The van der Waals surface area contributed by atoms with Gasteiger partial charge in [-0.25, -0.2) is 8.78 Å². The van der Waals surface area contributed by atoms with Gasteiger partial charge in [-0.2, -0.15) is 0 Å². The third kappa shape index (κ3) is 6.43. The number of hydrogen-bond donors (Lipinski definition) is 2. The topological polar surface area (TPSA) is 36.4 Å². The summed E-state index contributed by atoms with van der Waals surface area (Å²) in [5, 5.41) is 6.15. The van der Waals surface area contributed by atoms with E-state index < -0.39 is 11.6 Å². The molecule has 0 aliphatic rings. The van der Waals surface area contributed by atoms with Gasteiger partial charge in [-0.15, -0.1) is 24.0 Å². The Bertz CT molecular complexity index is 690. The lowest BCUT2D eigenvalue weighted by Gasteiger charge is -2.12. The normalized spacial score (nSPS) is 10.9. The van der Waals surface area contributed by atoms with E-state index in [1.807, 2.05) is 6.07 Å². The van der Waals surface area contributed by atoms with Crippen LogP contribution in [0.15, 0.2) is 47.5 Å². The first-order valence-corrected chi connectivity index (χ1v) is 7.52. The van der Waals surface area contributed by atoms with Gasteiger partial charge >= 0.3 is 0 Å². The van der Waals surface area contributed by atoms with Gasteiger partial charge in [0.2, 0.25) is 0 Å². The summed E-state index contributed by atoms with van der Waals surface area (Å²) in [5.41, 5.74) is 2.74. The summed E-state index contributed by atoms with van der Waals surface area (Å²) in [6.45, 7) is 2.94. The average molecular weight is 445 g/mol. The van der Waals surface area contributed by atoms with Crippen LogP contribution in [0.2, 0.25) is 0 Å². The highest BCUT2D eigenvalue weighted by Crippen LogP contribution is 2.09. The van der Waals surface area contributed by atoms with Gasteiger partial charge in [0.15, 0.2) is 5.96 Å². The number of nitrogens with zero attached hydrogens (tertiary/aromatic N) is 1. The van der Waals surface area contributed by atoms with E-state index in [2.05, 4.69) is 40.7 Å². The standard InChI is InChI=1S/C18H21F2N3.HI/c1-13-4-3-5-14(10-13)8-9-22-18(21-2)23-12-15-11-16(19)6-7-17(15)20;/h3-7,10-11H,8-9,12H2,1-2H3,(H2,21,22,23);1H. The molecule has 2 aromatic rings. The molecule has 2 aromatic carbocycles. The smallest absolute Gasteiger partial charge is 0.191 e. The Morgan fingerprint density at radius 2 is 1.88 bits per heavy atom. The van der Waals surface area contributed by atoms with Crippen LogP contribution in [0.1, 0.15) is 16.7 Å². The van der Waals surface area contributed by atoms with E-state index >= 15 is 0 Å². The number of hydrogen-bond acceptors (Lipinski definition) is 1. The molecule has 0 fully saturated rings. The van der Waals surface area contributed by atoms with Crippen molar-refractivity contribution in [2.75, 3.05) is 13.6 Å². The summed E-state index contributed by atoms with van der Waals surface area (Å²) >= 11 is 0. The summed E-state index contributed by atoms with van der Waals surface area (Å²) in [6, 6.07) is 11.7. The summed E-state index contributed by atoms with van der Waals surface area (Å²) in [6.07, 6.45) is 0.858. The van der Waals surface area contributed by atoms with Crippen LogP contribution < -0.4 is 10.6 Å². The number of rotatable bonds is 5. The second-order valence-electron chi connectivity index (χ2n) is 5.33. The molecule has 0 saturated heterocycles. The lowest BCUT2D eigenvalue weighted by atomic mass is 10.1. The maximum absolute atomic E-state index is 13.6. The highest BCUT2D eigenvalue weighted by atomic mass is 127. The van der Waals surface area contributed by atoms with Crippen molar-refractivity contribution in [2.45, 2.75) is 19.9 Å². The van der Waals surface area contributed by atoms with Crippen molar-refractivity contribution in [1.29, 1.82) is 0 Å². The van der Waals surface area contributed by atoms with Crippen LogP contribution >= 0.6 is 24.0 Å². The highest BCUT2D eigenvalue weighted by Gasteiger charge is 2.05. The lowest BCUT2D eigenvalue weighted by molar-refractivity contribution is 0.581. The van der Waals surface area contributed by atoms with Crippen molar-refractivity contribution in [3.05, 3.63) is 70.8 Å². The van der Waals surface area contributed by atoms with Crippen LogP contribution in [0.25, 0.3) is 0 Å². The van der Waals surface area contributed by atoms with Crippen LogP contribution in [0.5, 0.6) is 0 Å². The first kappa shape index (κ1) is 20.3. The zero-order chi connectivity index (χ0) is 16.7. The molecule has 0 amide bonds. The van der Waals surface area contributed by atoms with Crippen molar-refractivity contribution in [2.24, 2.45) is 4.99 Å². The molecule has 2 N–H and O–H groups in total. The van der Waals surface area contributed by atoms with Crippen molar-refractivity contribution >= 4 is 29.9 Å². The quantitative estimate of drug-likeness (QED) is 0.418. The van der Waals surface area contributed by atoms with Gasteiger partial charge in [-0.3, -0.25) is 4.99 Å². The number of nitrogens with one attached hydrogen (secondary N) is 2. The van der Waals surface area contributed by atoms with Gasteiger partial charge < -0.3 is 10.6 Å². The number of benzene rings is 2. The number of guanidine groups is 1. The molecule has 0 aliphatic carbocycles. The third-order valence-electron chi connectivity index (χ3n) is 3.47. The van der Waals surface area contributed by atoms with Gasteiger partial charge in [0.1, 0.15) is 11.6 Å². The Hall–Kier alpha value is -1.70. The Morgan fingerprint density at radius 3 is 2.58 bits per heavy atom. The molecule has 6 heteroatoms. The van der Waals surface area contributed by atoms with Crippen LogP contribution in [-0.2, 0) is 13.0 Å². The Balaban J connectivity index is 0.00000288. The molecule has 3 nitrogen and oxygen atoms in total. The largest absolute Gasteiger partial charge is 0.356 e. The maximum atomic E-state index is 13.6. The van der Waals surface area contributed by atoms with Crippen LogP contribution in [0, 0.1) is 18.6 Å². The van der Waals surface area contributed by atoms with Crippen molar-refractivity contribution in [3.63, 3.8) is 0 Å². The predicted octanol–water partition coefficient (Wildman–Crippen LogP) is 3.80. The molecule has 0 bridgehead atoms. The fourth-order valence-corrected chi connectivity index (χ4v) is 2.27. The summed E-state index contributed by atoms with van der Waals surface area (Å²) < 4.78 is 26.7. The van der Waals surface area contributed by atoms with Gasteiger partial charge in [0.25, 0.3) is 0 Å². The maximum Gasteiger partial charge on any atom is 0.191 e. The van der Waals surface area contributed by atoms with Crippen molar-refractivity contribution in [1.82, 2.24) is 10.6 Å². The monoisotopic (exact) mass is 445 g/mol. The third-order valence-corrected chi connectivity index (χ3v) is 3.47. The molecule has 0 aromatic heterocycles. The SMILES string of the molecule is CN=C(NCCc1cccc(C)c1)NCc1cc(F)ccc1F.I. The first-order chi connectivity index (χ1) is 11.1. The molecule has 0 aliphatic heterocycles. The minimum Gasteiger partial charge on any atom is -0.356 e. The second-order valence-corrected chi connectivity index (χ2v) is 5.33. The molecular formula is C18H22F2IN3. The van der Waals surface area contributed by atoms with Gasteiger partial charge in [0.05, 0.1) is 0 Å². The molecule has 130 valence electrons. The van der Waals surface area contributed by atoms with Gasteiger partial charge in [0, 0.05) is 25.7 Å².